The van der Waals surface area contributed by atoms with Gasteiger partial charge in [0.25, 0.3) is 17.7 Å². The summed E-state index contributed by atoms with van der Waals surface area (Å²) in [6.07, 6.45) is 0. The topological polar surface area (TPSA) is 106 Å². The Bertz CT molecular complexity index is 1130. The van der Waals surface area contributed by atoms with Crippen molar-refractivity contribution in [2.24, 2.45) is 0 Å². The third kappa shape index (κ3) is 6.65. The van der Waals surface area contributed by atoms with Crippen molar-refractivity contribution in [2.45, 2.75) is 6.92 Å². The Morgan fingerprint density at radius 1 is 0.758 bits per heavy atom. The molecule has 0 saturated heterocycles. The predicted molar refractivity (Wildman–Crippen MR) is 124 cm³/mol. The molecule has 0 saturated carbocycles. The summed E-state index contributed by atoms with van der Waals surface area (Å²) in [5.41, 5.74) is 7.43. The Labute approximate surface area is 191 Å². The molecular formula is C25H25N3O5. The molecule has 0 atom stereocenters. The van der Waals surface area contributed by atoms with Crippen LogP contribution in [0.2, 0.25) is 0 Å². The van der Waals surface area contributed by atoms with Gasteiger partial charge in [0.1, 0.15) is 12.4 Å². The highest BCUT2D eigenvalue weighted by Gasteiger charge is 2.14. The molecule has 0 spiro atoms. The van der Waals surface area contributed by atoms with Crippen molar-refractivity contribution in [1.29, 1.82) is 0 Å². The number of nitrogens with one attached hydrogen (secondary N) is 3. The summed E-state index contributed by atoms with van der Waals surface area (Å²) >= 11 is 0. The van der Waals surface area contributed by atoms with Crippen LogP contribution in [0.5, 0.6) is 5.75 Å². The predicted octanol–water partition coefficient (Wildman–Crippen LogP) is 3.35. The second kappa shape index (κ2) is 11.4. The lowest BCUT2D eigenvalue weighted by Crippen LogP contribution is -2.41. The number of aryl methyl sites for hydroxylation is 1. The van der Waals surface area contributed by atoms with Gasteiger partial charge < -0.3 is 14.8 Å². The number of benzene rings is 3. The molecule has 0 bridgehead atoms. The molecule has 3 rings (SSSR count). The van der Waals surface area contributed by atoms with Gasteiger partial charge in [0, 0.05) is 23.9 Å². The maximum atomic E-state index is 12.5. The summed E-state index contributed by atoms with van der Waals surface area (Å²) in [5.74, 6) is -0.874. The molecule has 170 valence electrons. The van der Waals surface area contributed by atoms with Crippen molar-refractivity contribution in [3.05, 3.63) is 95.1 Å². The van der Waals surface area contributed by atoms with Crippen molar-refractivity contribution < 1.29 is 23.9 Å². The zero-order valence-corrected chi connectivity index (χ0v) is 18.4. The van der Waals surface area contributed by atoms with Crippen molar-refractivity contribution in [3.8, 4) is 5.75 Å². The van der Waals surface area contributed by atoms with Gasteiger partial charge in [0.05, 0.1) is 12.2 Å². The minimum absolute atomic E-state index is 0.241. The lowest BCUT2D eigenvalue weighted by Gasteiger charge is -2.12. The highest BCUT2D eigenvalue weighted by molar-refractivity contribution is 6.05. The average Bonchev–Trinajstić information content (AvgIpc) is 2.83. The number of hydrogen-bond donors (Lipinski definition) is 3. The van der Waals surface area contributed by atoms with Crippen LogP contribution < -0.4 is 20.9 Å². The first-order valence-electron chi connectivity index (χ1n) is 10.3. The zero-order valence-electron chi connectivity index (χ0n) is 18.4. The summed E-state index contributed by atoms with van der Waals surface area (Å²) in [7, 11) is 1.56. The molecule has 0 fully saturated rings. The number of carbonyl (C=O) groups is 3. The van der Waals surface area contributed by atoms with Crippen LogP contribution in [-0.4, -0.2) is 38.0 Å². The second-order valence-electron chi connectivity index (χ2n) is 7.15. The number of carbonyl (C=O) groups excluding carboxylic acids is 3. The van der Waals surface area contributed by atoms with E-state index >= 15 is 0 Å². The van der Waals surface area contributed by atoms with E-state index in [0.29, 0.717) is 35.8 Å². The number of anilines is 1. The molecule has 3 N–H and O–H groups in total. The van der Waals surface area contributed by atoms with Crippen LogP contribution in [-0.2, 0) is 4.74 Å². The number of amides is 3. The molecule has 0 heterocycles. The lowest BCUT2D eigenvalue weighted by molar-refractivity contribution is 0.0842. The molecule has 0 aliphatic heterocycles. The van der Waals surface area contributed by atoms with Gasteiger partial charge in [0.2, 0.25) is 0 Å². The number of methoxy groups -OCH3 is 1. The van der Waals surface area contributed by atoms with Gasteiger partial charge in [-0.3, -0.25) is 25.2 Å². The smallest absolute Gasteiger partial charge is 0.273 e. The first kappa shape index (κ1) is 23.5. The normalized spacial score (nSPS) is 10.2. The summed E-state index contributed by atoms with van der Waals surface area (Å²) < 4.78 is 10.5. The first-order valence-corrected chi connectivity index (χ1v) is 10.3. The summed E-state index contributed by atoms with van der Waals surface area (Å²) in [5, 5.41) is 2.79. The molecule has 0 radical (unpaired) electrons. The maximum Gasteiger partial charge on any atom is 0.273 e. The highest BCUT2D eigenvalue weighted by Crippen LogP contribution is 2.17. The van der Waals surface area contributed by atoms with E-state index in [9.17, 15) is 14.4 Å². The molecule has 8 nitrogen and oxygen atoms in total. The van der Waals surface area contributed by atoms with Crippen LogP contribution in [0.1, 0.15) is 36.6 Å². The minimum atomic E-state index is -0.515. The van der Waals surface area contributed by atoms with Crippen LogP contribution >= 0.6 is 0 Å². The Hall–Kier alpha value is -4.17. The quantitative estimate of drug-likeness (QED) is 0.363. The summed E-state index contributed by atoms with van der Waals surface area (Å²) in [6, 6.07) is 20.3. The van der Waals surface area contributed by atoms with E-state index in [1.807, 2.05) is 19.1 Å². The molecule has 3 aromatic rings. The van der Waals surface area contributed by atoms with E-state index in [1.165, 1.54) is 0 Å². The Balaban J connectivity index is 1.56. The van der Waals surface area contributed by atoms with Crippen molar-refractivity contribution in [1.82, 2.24) is 10.9 Å². The zero-order chi connectivity index (χ0) is 23.6. The number of rotatable bonds is 8. The Kier molecular flexibility index (Phi) is 8.15. The molecule has 0 aromatic heterocycles. The molecule has 0 unspecified atom stereocenters. The molecule has 0 aliphatic rings. The lowest BCUT2D eigenvalue weighted by atomic mass is 10.1. The molecular weight excluding hydrogens is 422 g/mol. The summed E-state index contributed by atoms with van der Waals surface area (Å²) in [6.45, 7) is 2.59. The van der Waals surface area contributed by atoms with Gasteiger partial charge in [-0.15, -0.1) is 0 Å². The van der Waals surface area contributed by atoms with Gasteiger partial charge >= 0.3 is 0 Å². The maximum absolute atomic E-state index is 12.5. The van der Waals surface area contributed by atoms with Crippen molar-refractivity contribution >= 4 is 23.4 Å². The standard InChI is InChI=1S/C25H25N3O5/c1-17-6-5-7-19(16-17)23(29)26-20-12-10-18(11-13-20)24(30)27-28-25(31)21-8-3-4-9-22(21)33-15-14-32-2/h3-13,16H,14-15H2,1-2H3,(H,26,29)(H,27,30)(H,28,31). The summed E-state index contributed by atoms with van der Waals surface area (Å²) in [4.78, 5) is 37.2. The third-order valence-electron chi connectivity index (χ3n) is 4.65. The van der Waals surface area contributed by atoms with E-state index in [1.54, 1.807) is 67.8 Å². The van der Waals surface area contributed by atoms with Crippen LogP contribution in [0.4, 0.5) is 5.69 Å². The van der Waals surface area contributed by atoms with Gasteiger partial charge in [-0.05, 0) is 55.5 Å². The van der Waals surface area contributed by atoms with E-state index < -0.39 is 11.8 Å². The molecule has 8 heteroatoms. The fourth-order valence-corrected chi connectivity index (χ4v) is 2.96. The number of ether oxygens (including phenoxy) is 2. The molecule has 33 heavy (non-hydrogen) atoms. The first-order chi connectivity index (χ1) is 16.0. The van der Waals surface area contributed by atoms with E-state index in [2.05, 4.69) is 16.2 Å². The molecule has 0 aliphatic carbocycles. The molecule has 3 aromatic carbocycles. The number of para-hydroxylation sites is 1. The average molecular weight is 447 g/mol. The van der Waals surface area contributed by atoms with Crippen LogP contribution in [0.25, 0.3) is 0 Å². The number of hydrogen-bond acceptors (Lipinski definition) is 5. The Morgan fingerprint density at radius 3 is 2.21 bits per heavy atom. The molecule has 3 amide bonds. The number of hydrazine groups is 1. The van der Waals surface area contributed by atoms with Crippen LogP contribution in [0.3, 0.4) is 0 Å². The minimum Gasteiger partial charge on any atom is -0.490 e. The highest BCUT2D eigenvalue weighted by atomic mass is 16.5. The van der Waals surface area contributed by atoms with E-state index in [4.69, 9.17) is 9.47 Å². The van der Waals surface area contributed by atoms with Gasteiger partial charge in [-0.1, -0.05) is 29.8 Å². The van der Waals surface area contributed by atoms with E-state index in [-0.39, 0.29) is 11.5 Å². The fourth-order valence-electron chi connectivity index (χ4n) is 2.96. The van der Waals surface area contributed by atoms with Crippen LogP contribution in [0, 0.1) is 6.92 Å². The van der Waals surface area contributed by atoms with Crippen molar-refractivity contribution in [2.75, 3.05) is 25.6 Å². The fraction of sp³-hybridized carbons (Fsp3) is 0.160. The third-order valence-corrected chi connectivity index (χ3v) is 4.65. The van der Waals surface area contributed by atoms with E-state index in [0.717, 1.165) is 5.56 Å². The monoisotopic (exact) mass is 447 g/mol. The largest absolute Gasteiger partial charge is 0.490 e. The van der Waals surface area contributed by atoms with Gasteiger partial charge in [-0.25, -0.2) is 0 Å². The SMILES string of the molecule is COCCOc1ccccc1C(=O)NNC(=O)c1ccc(NC(=O)c2cccc(C)c2)cc1. The second-order valence-corrected chi connectivity index (χ2v) is 7.15. The Morgan fingerprint density at radius 2 is 1.48 bits per heavy atom. The van der Waals surface area contributed by atoms with Gasteiger partial charge in [-0.2, -0.15) is 0 Å². The van der Waals surface area contributed by atoms with Crippen molar-refractivity contribution in [3.63, 3.8) is 0 Å². The van der Waals surface area contributed by atoms with Crippen LogP contribution in [0.15, 0.2) is 72.8 Å². The van der Waals surface area contributed by atoms with Gasteiger partial charge in [0.15, 0.2) is 0 Å².